The van der Waals surface area contributed by atoms with Crippen LogP contribution in [0.2, 0.25) is 0 Å². The Kier molecular flexibility index (Phi) is 5.91. The van der Waals surface area contributed by atoms with Crippen molar-refractivity contribution in [2.45, 2.75) is 13.8 Å². The van der Waals surface area contributed by atoms with Gasteiger partial charge in [-0.3, -0.25) is 4.79 Å². The van der Waals surface area contributed by atoms with Crippen LogP contribution in [0.5, 0.6) is 0 Å². The van der Waals surface area contributed by atoms with E-state index in [0.717, 1.165) is 22.4 Å². The minimum absolute atomic E-state index is 0. The normalized spacial score (nSPS) is 14.0. The summed E-state index contributed by atoms with van der Waals surface area (Å²) in [5.41, 5.74) is 4.99. The minimum Gasteiger partial charge on any atom is -0.378 e. The predicted molar refractivity (Wildman–Crippen MR) is 114 cm³/mol. The molecule has 6 nitrogen and oxygen atoms in total. The van der Waals surface area contributed by atoms with E-state index in [9.17, 15) is 4.79 Å². The van der Waals surface area contributed by atoms with Crippen molar-refractivity contribution in [1.29, 1.82) is 0 Å². The average Bonchev–Trinajstić information content (AvgIpc) is 3.08. The lowest BCUT2D eigenvalue weighted by Gasteiger charge is -2.27. The number of pyridine rings is 1. The van der Waals surface area contributed by atoms with Gasteiger partial charge in [0.15, 0.2) is 0 Å². The summed E-state index contributed by atoms with van der Waals surface area (Å²) in [5, 5.41) is 4.34. The maximum Gasteiger partial charge on any atom is 0.257 e. The van der Waals surface area contributed by atoms with Crippen molar-refractivity contribution in [3.63, 3.8) is 0 Å². The zero-order chi connectivity index (χ0) is 19.0. The van der Waals surface area contributed by atoms with Gasteiger partial charge in [-0.1, -0.05) is 6.07 Å². The van der Waals surface area contributed by atoms with Crippen LogP contribution in [0.1, 0.15) is 21.5 Å². The zero-order valence-corrected chi connectivity index (χ0v) is 17.2. The minimum atomic E-state index is 0. The standard InChI is InChI=1S/C21H24N4O2.ClH/c1-14-4-5-16(12-15(14)2)23-20-17-6-7-24(3)19(17)18(13-22-20)21(26)25-8-10-27-11-9-25;/h4-7,12-13H,8-11H2,1-3H3,(H,22,23);1H. The van der Waals surface area contributed by atoms with Gasteiger partial charge in [-0.05, 0) is 43.2 Å². The van der Waals surface area contributed by atoms with E-state index in [2.05, 4.69) is 36.3 Å². The fourth-order valence-corrected chi connectivity index (χ4v) is 3.46. The summed E-state index contributed by atoms with van der Waals surface area (Å²) in [6, 6.07) is 8.25. The van der Waals surface area contributed by atoms with Crippen molar-refractivity contribution in [2.75, 3.05) is 31.6 Å². The van der Waals surface area contributed by atoms with Crippen LogP contribution in [0.3, 0.4) is 0 Å². The fourth-order valence-electron chi connectivity index (χ4n) is 3.46. The number of benzene rings is 1. The van der Waals surface area contributed by atoms with Gasteiger partial charge in [0.2, 0.25) is 0 Å². The molecule has 3 aromatic rings. The lowest BCUT2D eigenvalue weighted by atomic mass is 10.1. The number of morpholine rings is 1. The van der Waals surface area contributed by atoms with Crippen LogP contribution in [0.15, 0.2) is 36.7 Å². The molecule has 1 amide bonds. The molecule has 0 unspecified atom stereocenters. The van der Waals surface area contributed by atoms with Crippen molar-refractivity contribution in [3.05, 3.63) is 53.3 Å². The lowest BCUT2D eigenvalue weighted by Crippen LogP contribution is -2.40. The first-order valence-electron chi connectivity index (χ1n) is 9.20. The second-order valence-electron chi connectivity index (χ2n) is 7.04. The quantitative estimate of drug-likeness (QED) is 0.725. The third-order valence-corrected chi connectivity index (χ3v) is 5.20. The third-order valence-electron chi connectivity index (χ3n) is 5.20. The predicted octanol–water partition coefficient (Wildman–Crippen LogP) is 3.83. The van der Waals surface area contributed by atoms with Crippen LogP contribution in [-0.4, -0.2) is 46.7 Å². The number of nitrogens with one attached hydrogen (secondary N) is 1. The van der Waals surface area contributed by atoms with Gasteiger partial charge >= 0.3 is 0 Å². The molecule has 1 aromatic carbocycles. The molecule has 148 valence electrons. The number of aryl methyl sites for hydroxylation is 3. The van der Waals surface area contributed by atoms with Gasteiger partial charge in [-0.25, -0.2) is 4.98 Å². The number of carbonyl (C=O) groups excluding carboxylic acids is 1. The van der Waals surface area contributed by atoms with Gasteiger partial charge in [-0.2, -0.15) is 0 Å². The summed E-state index contributed by atoms with van der Waals surface area (Å²) in [6.45, 7) is 6.60. The summed E-state index contributed by atoms with van der Waals surface area (Å²) in [7, 11) is 1.96. The summed E-state index contributed by atoms with van der Waals surface area (Å²) >= 11 is 0. The summed E-state index contributed by atoms with van der Waals surface area (Å²) in [5.74, 6) is 0.766. The number of hydrogen-bond acceptors (Lipinski definition) is 4. The van der Waals surface area contributed by atoms with Crippen LogP contribution in [0.4, 0.5) is 11.5 Å². The highest BCUT2D eigenvalue weighted by molar-refractivity contribution is 6.08. The molecule has 4 rings (SSSR count). The van der Waals surface area contributed by atoms with E-state index in [1.54, 1.807) is 6.20 Å². The Balaban J connectivity index is 0.00000225. The SMILES string of the molecule is Cc1ccc(Nc2ncc(C(=O)N3CCOCC3)c3c2ccn3C)cc1C.Cl. The number of aromatic nitrogens is 2. The topological polar surface area (TPSA) is 59.4 Å². The molecule has 2 aromatic heterocycles. The van der Waals surface area contributed by atoms with Crippen LogP contribution in [0, 0.1) is 13.8 Å². The third kappa shape index (κ3) is 3.70. The number of nitrogens with zero attached hydrogens (tertiary/aromatic N) is 3. The Morgan fingerprint density at radius 2 is 1.89 bits per heavy atom. The van der Waals surface area contributed by atoms with Gasteiger partial charge in [0, 0.05) is 43.6 Å². The van der Waals surface area contributed by atoms with E-state index >= 15 is 0 Å². The molecule has 0 bridgehead atoms. The lowest BCUT2D eigenvalue weighted by molar-refractivity contribution is 0.0303. The Morgan fingerprint density at radius 1 is 1.14 bits per heavy atom. The monoisotopic (exact) mass is 400 g/mol. The van der Waals surface area contributed by atoms with Crippen LogP contribution >= 0.6 is 12.4 Å². The molecule has 7 heteroatoms. The molecule has 0 saturated carbocycles. The van der Waals surface area contributed by atoms with Crippen molar-refractivity contribution in [2.24, 2.45) is 7.05 Å². The Bertz CT molecular complexity index is 1010. The summed E-state index contributed by atoms with van der Waals surface area (Å²) in [4.78, 5) is 19.4. The van der Waals surface area contributed by atoms with Gasteiger partial charge < -0.3 is 19.5 Å². The second kappa shape index (κ2) is 8.20. The molecular formula is C21H25ClN4O2. The van der Waals surface area contributed by atoms with E-state index in [1.807, 2.05) is 34.8 Å². The molecule has 1 aliphatic rings. The molecule has 1 aliphatic heterocycles. The number of rotatable bonds is 3. The molecule has 28 heavy (non-hydrogen) atoms. The van der Waals surface area contributed by atoms with Crippen molar-refractivity contribution in [3.8, 4) is 0 Å². The molecule has 1 N–H and O–H groups in total. The highest BCUT2D eigenvalue weighted by Gasteiger charge is 2.23. The maximum atomic E-state index is 13.0. The van der Waals surface area contributed by atoms with Crippen molar-refractivity contribution < 1.29 is 9.53 Å². The highest BCUT2D eigenvalue weighted by Crippen LogP contribution is 2.29. The maximum absolute atomic E-state index is 13.0. The van der Waals surface area contributed by atoms with Gasteiger partial charge in [0.1, 0.15) is 5.82 Å². The second-order valence-corrected chi connectivity index (χ2v) is 7.04. The van der Waals surface area contributed by atoms with Gasteiger partial charge in [0.25, 0.3) is 5.91 Å². The highest BCUT2D eigenvalue weighted by atomic mass is 35.5. The molecule has 1 fully saturated rings. The number of amides is 1. The Labute approximate surface area is 170 Å². The smallest absolute Gasteiger partial charge is 0.257 e. The molecule has 3 heterocycles. The number of hydrogen-bond donors (Lipinski definition) is 1. The van der Waals surface area contributed by atoms with Crippen molar-refractivity contribution >= 4 is 40.7 Å². The van der Waals surface area contributed by atoms with E-state index < -0.39 is 0 Å². The first-order valence-corrected chi connectivity index (χ1v) is 9.20. The van der Waals surface area contributed by atoms with Crippen molar-refractivity contribution in [1.82, 2.24) is 14.5 Å². The molecular weight excluding hydrogens is 376 g/mol. The van der Waals surface area contributed by atoms with Crippen LogP contribution in [0.25, 0.3) is 10.9 Å². The molecule has 1 saturated heterocycles. The first kappa shape index (κ1) is 20.2. The number of ether oxygens (including phenoxy) is 1. The number of fused-ring (bicyclic) bond motifs is 1. The largest absolute Gasteiger partial charge is 0.378 e. The van der Waals surface area contributed by atoms with E-state index in [1.165, 1.54) is 11.1 Å². The van der Waals surface area contributed by atoms with Gasteiger partial charge in [-0.15, -0.1) is 12.4 Å². The molecule has 0 atom stereocenters. The van der Waals surface area contributed by atoms with E-state index in [0.29, 0.717) is 31.9 Å². The van der Waals surface area contributed by atoms with E-state index in [4.69, 9.17) is 4.74 Å². The number of halogens is 1. The Hall–Kier alpha value is -2.57. The fraction of sp³-hybridized carbons (Fsp3) is 0.333. The first-order chi connectivity index (χ1) is 13.0. The summed E-state index contributed by atoms with van der Waals surface area (Å²) < 4.78 is 7.34. The average molecular weight is 401 g/mol. The zero-order valence-electron chi connectivity index (χ0n) is 16.4. The molecule has 0 radical (unpaired) electrons. The van der Waals surface area contributed by atoms with Crippen LogP contribution in [-0.2, 0) is 11.8 Å². The molecule has 0 aliphatic carbocycles. The van der Waals surface area contributed by atoms with E-state index in [-0.39, 0.29) is 18.3 Å². The van der Waals surface area contributed by atoms with Crippen LogP contribution < -0.4 is 5.32 Å². The van der Waals surface area contributed by atoms with Gasteiger partial charge in [0.05, 0.1) is 24.3 Å². The number of anilines is 2. The Morgan fingerprint density at radius 3 is 2.61 bits per heavy atom. The summed E-state index contributed by atoms with van der Waals surface area (Å²) in [6.07, 6.45) is 3.65. The molecule has 0 spiro atoms. The number of carbonyl (C=O) groups is 1.